The predicted octanol–water partition coefficient (Wildman–Crippen LogP) is 3.34. The molecule has 0 bridgehead atoms. The van der Waals surface area contributed by atoms with Crippen molar-refractivity contribution in [2.75, 3.05) is 27.2 Å². The second-order valence-electron chi connectivity index (χ2n) is 7.13. The minimum Gasteiger partial charge on any atom is -0.447 e. The normalized spacial score (nSPS) is 13.8. The zero-order valence-electron chi connectivity index (χ0n) is 16.5. The van der Waals surface area contributed by atoms with E-state index in [0.717, 1.165) is 6.54 Å². The van der Waals surface area contributed by atoms with Gasteiger partial charge in [-0.1, -0.05) is 44.2 Å². The Morgan fingerprint density at radius 1 is 1.12 bits per heavy atom. The summed E-state index contributed by atoms with van der Waals surface area (Å²) in [6.45, 7) is 9.65. The molecule has 1 aromatic carbocycles. The molecule has 5 heteroatoms. The lowest BCUT2D eigenvalue weighted by molar-refractivity contribution is 0.0113. The number of likely N-dealkylation sites (N-methyl/N-ethyl adjacent to an activating group) is 1. The molecule has 0 fully saturated rings. The van der Waals surface area contributed by atoms with Gasteiger partial charge in [0.1, 0.15) is 0 Å². The molecule has 1 rings (SSSR count). The summed E-state index contributed by atoms with van der Waals surface area (Å²) in [6, 6.07) is 10.0. The molecule has 0 spiro atoms. The molecule has 1 N–H and O–H groups in total. The molecular weight excluding hydrogens is 316 g/mol. The number of amides is 1. The Balaban J connectivity index is 2.89. The van der Waals surface area contributed by atoms with Gasteiger partial charge < -0.3 is 19.7 Å². The molecule has 0 saturated heterocycles. The van der Waals surface area contributed by atoms with Crippen molar-refractivity contribution in [2.45, 2.75) is 52.4 Å². The number of nitrogens with zero attached hydrogens (tertiary/aromatic N) is 1. The Labute approximate surface area is 152 Å². The highest BCUT2D eigenvalue weighted by Crippen LogP contribution is 2.15. The van der Waals surface area contributed by atoms with Crippen molar-refractivity contribution < 1.29 is 14.3 Å². The van der Waals surface area contributed by atoms with Crippen LogP contribution in [0, 0.1) is 5.92 Å². The van der Waals surface area contributed by atoms with Crippen LogP contribution in [0.25, 0.3) is 0 Å². The van der Waals surface area contributed by atoms with Crippen molar-refractivity contribution in [1.29, 1.82) is 0 Å². The molecular formula is C20H34N2O3. The molecule has 1 amide bonds. The summed E-state index contributed by atoms with van der Waals surface area (Å²) in [7, 11) is 3.48. The zero-order valence-corrected chi connectivity index (χ0v) is 16.5. The van der Waals surface area contributed by atoms with Crippen LogP contribution in [0.4, 0.5) is 4.79 Å². The minimum absolute atomic E-state index is 0.113. The number of rotatable bonds is 10. The maximum absolute atomic E-state index is 12.4. The third-order valence-electron chi connectivity index (χ3n) is 4.04. The van der Waals surface area contributed by atoms with E-state index in [1.807, 2.05) is 32.0 Å². The molecule has 25 heavy (non-hydrogen) atoms. The molecule has 0 heterocycles. The maximum Gasteiger partial charge on any atom is 0.410 e. The van der Waals surface area contributed by atoms with E-state index < -0.39 is 0 Å². The van der Waals surface area contributed by atoms with E-state index in [-0.39, 0.29) is 24.3 Å². The maximum atomic E-state index is 12.4. The Morgan fingerprint density at radius 2 is 1.76 bits per heavy atom. The number of nitrogens with one attached hydrogen (secondary N) is 1. The molecule has 0 radical (unpaired) electrons. The highest BCUT2D eigenvalue weighted by Gasteiger charge is 2.30. The van der Waals surface area contributed by atoms with Gasteiger partial charge in [0.05, 0.1) is 18.2 Å². The molecule has 0 aliphatic carbocycles. The smallest absolute Gasteiger partial charge is 0.410 e. The van der Waals surface area contributed by atoms with Gasteiger partial charge in [0.15, 0.2) is 0 Å². The van der Waals surface area contributed by atoms with Gasteiger partial charge in [-0.05, 0) is 38.3 Å². The number of methoxy groups -OCH3 is 1. The Morgan fingerprint density at radius 3 is 2.28 bits per heavy atom. The monoisotopic (exact) mass is 350 g/mol. The first-order chi connectivity index (χ1) is 11.8. The van der Waals surface area contributed by atoms with Crippen LogP contribution < -0.4 is 5.32 Å². The van der Waals surface area contributed by atoms with Crippen LogP contribution in [-0.2, 0) is 15.9 Å². The standard InChI is InChI=1S/C20H34N2O3/c1-15(2)13-21-14-19(24-6)18(12-17-10-8-7-9-11-17)22(5)20(23)25-16(3)4/h7-11,15-16,18-19,21H,12-14H2,1-6H3/t18-,19+/m0/s1. The number of carbonyl (C=O) groups is 1. The van der Waals surface area contributed by atoms with Gasteiger partial charge >= 0.3 is 6.09 Å². The summed E-state index contributed by atoms with van der Waals surface area (Å²) in [4.78, 5) is 14.1. The van der Waals surface area contributed by atoms with Gasteiger partial charge in [0.2, 0.25) is 0 Å². The lowest BCUT2D eigenvalue weighted by Crippen LogP contribution is -2.51. The van der Waals surface area contributed by atoms with Crippen LogP contribution in [0.3, 0.4) is 0 Å². The van der Waals surface area contributed by atoms with Crippen molar-refractivity contribution >= 4 is 6.09 Å². The molecule has 5 nitrogen and oxygen atoms in total. The minimum atomic E-state index is -0.318. The molecule has 142 valence electrons. The van der Waals surface area contributed by atoms with Crippen LogP contribution in [0.15, 0.2) is 30.3 Å². The Kier molecular flexibility index (Phi) is 9.53. The van der Waals surface area contributed by atoms with Crippen molar-refractivity contribution in [3.63, 3.8) is 0 Å². The van der Waals surface area contributed by atoms with Crippen molar-refractivity contribution in [2.24, 2.45) is 5.92 Å². The van der Waals surface area contributed by atoms with E-state index in [2.05, 4.69) is 31.3 Å². The van der Waals surface area contributed by atoms with Crippen LogP contribution >= 0.6 is 0 Å². The zero-order chi connectivity index (χ0) is 18.8. The quantitative estimate of drug-likeness (QED) is 0.703. The molecule has 0 aliphatic heterocycles. The van der Waals surface area contributed by atoms with E-state index >= 15 is 0 Å². The number of carbonyl (C=O) groups excluding carboxylic acids is 1. The predicted molar refractivity (Wildman–Crippen MR) is 102 cm³/mol. The van der Waals surface area contributed by atoms with Gasteiger partial charge in [0, 0.05) is 20.7 Å². The Bertz CT molecular complexity index is 491. The van der Waals surface area contributed by atoms with Crippen molar-refractivity contribution in [3.8, 4) is 0 Å². The number of benzene rings is 1. The van der Waals surface area contributed by atoms with Crippen LogP contribution in [0.1, 0.15) is 33.3 Å². The number of hydrogen-bond acceptors (Lipinski definition) is 4. The first-order valence-corrected chi connectivity index (χ1v) is 9.06. The SMILES string of the molecule is CO[C@H](CNCC(C)C)[C@H](Cc1ccccc1)N(C)C(=O)OC(C)C. The summed E-state index contributed by atoms with van der Waals surface area (Å²) in [5, 5.41) is 3.43. The fraction of sp³-hybridized carbons (Fsp3) is 0.650. The molecule has 0 aliphatic rings. The van der Waals surface area contributed by atoms with Gasteiger partial charge in [-0.3, -0.25) is 0 Å². The van der Waals surface area contributed by atoms with Crippen LogP contribution in [-0.4, -0.2) is 56.5 Å². The second-order valence-corrected chi connectivity index (χ2v) is 7.13. The summed E-state index contributed by atoms with van der Waals surface area (Å²) < 4.78 is 11.1. The fourth-order valence-corrected chi connectivity index (χ4v) is 2.68. The third-order valence-corrected chi connectivity index (χ3v) is 4.04. The van der Waals surface area contributed by atoms with Gasteiger partial charge in [-0.2, -0.15) is 0 Å². The molecule has 1 aromatic rings. The molecule has 2 atom stereocenters. The number of hydrogen-bond donors (Lipinski definition) is 1. The molecule has 0 unspecified atom stereocenters. The highest BCUT2D eigenvalue weighted by molar-refractivity contribution is 5.68. The highest BCUT2D eigenvalue weighted by atomic mass is 16.6. The van der Waals surface area contributed by atoms with Crippen LogP contribution in [0.5, 0.6) is 0 Å². The molecule has 0 saturated carbocycles. The largest absolute Gasteiger partial charge is 0.447 e. The number of ether oxygens (including phenoxy) is 2. The van der Waals surface area contributed by atoms with Crippen molar-refractivity contribution in [3.05, 3.63) is 35.9 Å². The summed E-state index contributed by atoms with van der Waals surface area (Å²) in [6.07, 6.45) is 0.129. The first kappa shape index (κ1) is 21.5. The summed E-state index contributed by atoms with van der Waals surface area (Å²) in [5.41, 5.74) is 1.17. The summed E-state index contributed by atoms with van der Waals surface area (Å²) >= 11 is 0. The lowest BCUT2D eigenvalue weighted by Gasteiger charge is -2.34. The lowest BCUT2D eigenvalue weighted by atomic mass is 9.99. The fourth-order valence-electron chi connectivity index (χ4n) is 2.68. The first-order valence-electron chi connectivity index (χ1n) is 9.06. The average molecular weight is 351 g/mol. The van der Waals surface area contributed by atoms with E-state index in [1.54, 1.807) is 19.1 Å². The van der Waals surface area contributed by atoms with E-state index in [4.69, 9.17) is 9.47 Å². The van der Waals surface area contributed by atoms with Gasteiger partial charge in [-0.15, -0.1) is 0 Å². The van der Waals surface area contributed by atoms with Crippen LogP contribution in [0.2, 0.25) is 0 Å². The second kappa shape index (κ2) is 11.1. The van der Waals surface area contributed by atoms with Gasteiger partial charge in [0.25, 0.3) is 0 Å². The van der Waals surface area contributed by atoms with E-state index in [1.165, 1.54) is 5.56 Å². The third kappa shape index (κ3) is 7.88. The van der Waals surface area contributed by atoms with Crippen molar-refractivity contribution in [1.82, 2.24) is 10.2 Å². The van der Waals surface area contributed by atoms with E-state index in [0.29, 0.717) is 18.9 Å². The topological polar surface area (TPSA) is 50.8 Å². The van der Waals surface area contributed by atoms with E-state index in [9.17, 15) is 4.79 Å². The average Bonchev–Trinajstić information content (AvgIpc) is 2.56. The molecule has 0 aromatic heterocycles. The Hall–Kier alpha value is -1.59. The van der Waals surface area contributed by atoms with Gasteiger partial charge in [-0.25, -0.2) is 4.79 Å². The summed E-state index contributed by atoms with van der Waals surface area (Å²) in [5.74, 6) is 0.564.